The Hall–Kier alpha value is -2.40. The zero-order chi connectivity index (χ0) is 19.3. The van der Waals surface area contributed by atoms with Crippen LogP contribution in [0.5, 0.6) is 0 Å². The summed E-state index contributed by atoms with van der Waals surface area (Å²) < 4.78 is 0. The summed E-state index contributed by atoms with van der Waals surface area (Å²) in [6.45, 7) is 0. The molecular weight excluding hydrogens is 409 g/mol. The van der Waals surface area contributed by atoms with E-state index in [4.69, 9.17) is 28.2 Å². The molecule has 0 aliphatic carbocycles. The summed E-state index contributed by atoms with van der Waals surface area (Å²) in [6, 6.07) is 25.5. The number of halogens is 2. The second kappa shape index (κ2) is 8.74. The molecule has 138 valence electrons. The van der Waals surface area contributed by atoms with Crippen molar-refractivity contribution < 1.29 is 0 Å². The summed E-state index contributed by atoms with van der Waals surface area (Å²) in [4.78, 5) is 4.80. The van der Waals surface area contributed by atoms with E-state index in [2.05, 4.69) is 10.2 Å². The smallest absolute Gasteiger partial charge is 0.210 e. The largest absolute Gasteiger partial charge is 0.219 e. The highest BCUT2D eigenvalue weighted by Gasteiger charge is 2.14. The summed E-state index contributed by atoms with van der Waals surface area (Å²) in [6.07, 6.45) is 0. The van der Waals surface area contributed by atoms with Gasteiger partial charge in [-0.25, -0.2) is 4.98 Å². The molecule has 0 aliphatic heterocycles. The van der Waals surface area contributed by atoms with Gasteiger partial charge in [-0.3, -0.25) is 0 Å². The Kier molecular flexibility index (Phi) is 5.91. The van der Waals surface area contributed by atoms with Crippen LogP contribution in [0.4, 0.5) is 0 Å². The lowest BCUT2D eigenvalue weighted by molar-refractivity contribution is 0.850. The van der Waals surface area contributed by atoms with E-state index in [0.717, 1.165) is 28.1 Å². The fourth-order valence-corrected chi connectivity index (χ4v) is 4.09. The van der Waals surface area contributed by atoms with Crippen LogP contribution < -0.4 is 0 Å². The van der Waals surface area contributed by atoms with E-state index in [0.29, 0.717) is 21.0 Å². The molecule has 1 heterocycles. The fourth-order valence-electron chi connectivity index (χ4n) is 2.74. The van der Waals surface area contributed by atoms with Crippen LogP contribution in [0.15, 0.2) is 84.0 Å². The molecule has 3 nitrogen and oxygen atoms in total. The molecule has 0 fully saturated rings. The highest BCUT2D eigenvalue weighted by molar-refractivity contribution is 7.98. The third kappa shape index (κ3) is 4.36. The normalized spacial score (nSPS) is 10.8. The Labute approximate surface area is 177 Å². The van der Waals surface area contributed by atoms with Gasteiger partial charge in [-0.2, -0.15) is 0 Å². The second-order valence-electron chi connectivity index (χ2n) is 6.05. The molecule has 0 bridgehead atoms. The van der Waals surface area contributed by atoms with E-state index < -0.39 is 0 Å². The first-order valence-electron chi connectivity index (χ1n) is 8.63. The lowest BCUT2D eigenvalue weighted by atomic mass is 10.0. The molecule has 4 aromatic rings. The van der Waals surface area contributed by atoms with Crippen molar-refractivity contribution in [3.63, 3.8) is 0 Å². The summed E-state index contributed by atoms with van der Waals surface area (Å²) in [7, 11) is 0. The molecule has 0 unspecified atom stereocenters. The van der Waals surface area contributed by atoms with Crippen molar-refractivity contribution in [2.24, 2.45) is 0 Å². The van der Waals surface area contributed by atoms with Crippen LogP contribution in [0, 0.1) is 0 Å². The van der Waals surface area contributed by atoms with Crippen LogP contribution in [-0.4, -0.2) is 15.2 Å². The minimum absolute atomic E-state index is 0.601. The monoisotopic (exact) mass is 423 g/mol. The number of aromatic nitrogens is 3. The highest BCUT2D eigenvalue weighted by atomic mass is 35.5. The molecule has 0 radical (unpaired) electrons. The highest BCUT2D eigenvalue weighted by Crippen LogP contribution is 2.31. The lowest BCUT2D eigenvalue weighted by Crippen LogP contribution is -1.99. The van der Waals surface area contributed by atoms with Crippen molar-refractivity contribution >= 4 is 35.0 Å². The SMILES string of the molecule is Clc1ccc(CSc2nnc(-c3ccccc3)c(-c3ccccc3)n2)c(Cl)c1. The Morgan fingerprint density at radius 1 is 0.714 bits per heavy atom. The molecule has 0 saturated carbocycles. The maximum absolute atomic E-state index is 6.27. The van der Waals surface area contributed by atoms with E-state index >= 15 is 0 Å². The average molecular weight is 424 g/mol. The Bertz CT molecular complexity index is 1090. The molecule has 0 N–H and O–H groups in total. The number of rotatable bonds is 5. The summed E-state index contributed by atoms with van der Waals surface area (Å²) in [5.74, 6) is 0.636. The van der Waals surface area contributed by atoms with Gasteiger partial charge in [-0.1, -0.05) is 102 Å². The number of nitrogens with zero attached hydrogens (tertiary/aromatic N) is 3. The minimum atomic E-state index is 0.601. The van der Waals surface area contributed by atoms with E-state index in [9.17, 15) is 0 Å². The van der Waals surface area contributed by atoms with Gasteiger partial charge in [-0.15, -0.1) is 10.2 Å². The molecule has 0 saturated heterocycles. The number of benzene rings is 3. The first-order chi connectivity index (χ1) is 13.7. The predicted octanol–water partition coefficient (Wildman–Crippen LogP) is 6.80. The first-order valence-corrected chi connectivity index (χ1v) is 10.4. The van der Waals surface area contributed by atoms with Crippen LogP contribution in [0.2, 0.25) is 10.0 Å². The molecule has 3 aromatic carbocycles. The van der Waals surface area contributed by atoms with Crippen LogP contribution in [0.3, 0.4) is 0 Å². The van der Waals surface area contributed by atoms with E-state index in [1.54, 1.807) is 6.07 Å². The molecule has 1 aromatic heterocycles. The number of thioether (sulfide) groups is 1. The average Bonchev–Trinajstić information content (AvgIpc) is 2.74. The van der Waals surface area contributed by atoms with E-state index in [1.807, 2.05) is 72.8 Å². The van der Waals surface area contributed by atoms with Gasteiger partial charge < -0.3 is 0 Å². The standard InChI is InChI=1S/C22H15Cl2N3S/c23-18-12-11-17(19(24)13-18)14-28-22-25-20(15-7-3-1-4-8-15)21(26-27-22)16-9-5-2-6-10-16/h1-13H,14H2. The molecule has 28 heavy (non-hydrogen) atoms. The zero-order valence-electron chi connectivity index (χ0n) is 14.7. The molecule has 0 spiro atoms. The van der Waals surface area contributed by atoms with Crippen LogP contribution in [0.25, 0.3) is 22.5 Å². The Balaban J connectivity index is 1.68. The Morgan fingerprint density at radius 3 is 2.00 bits per heavy atom. The summed E-state index contributed by atoms with van der Waals surface area (Å²) >= 11 is 13.7. The van der Waals surface area contributed by atoms with Crippen molar-refractivity contribution in [3.8, 4) is 22.5 Å². The molecule has 0 atom stereocenters. The van der Waals surface area contributed by atoms with Gasteiger partial charge in [0.05, 0.1) is 0 Å². The van der Waals surface area contributed by atoms with Gasteiger partial charge in [0, 0.05) is 26.9 Å². The number of hydrogen-bond acceptors (Lipinski definition) is 4. The lowest BCUT2D eigenvalue weighted by Gasteiger charge is -2.10. The third-order valence-corrected chi connectivity index (χ3v) is 5.61. The topological polar surface area (TPSA) is 38.7 Å². The van der Waals surface area contributed by atoms with Crippen molar-refractivity contribution in [2.45, 2.75) is 10.9 Å². The first kappa shape index (κ1) is 18.9. The second-order valence-corrected chi connectivity index (χ2v) is 7.83. The quantitative estimate of drug-likeness (QED) is 0.330. The van der Waals surface area contributed by atoms with E-state index in [-0.39, 0.29) is 0 Å². The van der Waals surface area contributed by atoms with Crippen molar-refractivity contribution in [1.82, 2.24) is 15.2 Å². The Morgan fingerprint density at radius 2 is 1.36 bits per heavy atom. The van der Waals surface area contributed by atoms with Crippen molar-refractivity contribution in [3.05, 3.63) is 94.5 Å². The number of hydrogen-bond donors (Lipinski definition) is 0. The molecular formula is C22H15Cl2N3S. The third-order valence-electron chi connectivity index (χ3n) is 4.13. The minimum Gasteiger partial charge on any atom is -0.219 e. The van der Waals surface area contributed by atoms with Gasteiger partial charge >= 0.3 is 0 Å². The summed E-state index contributed by atoms with van der Waals surface area (Å²) in [5.41, 5.74) is 4.54. The molecule has 6 heteroatoms. The van der Waals surface area contributed by atoms with Crippen molar-refractivity contribution in [1.29, 1.82) is 0 Å². The zero-order valence-corrected chi connectivity index (χ0v) is 17.0. The van der Waals surface area contributed by atoms with Gasteiger partial charge in [-0.05, 0) is 17.7 Å². The van der Waals surface area contributed by atoms with Crippen molar-refractivity contribution in [2.75, 3.05) is 0 Å². The fraction of sp³-hybridized carbons (Fsp3) is 0.0455. The molecule has 0 amide bonds. The van der Waals surface area contributed by atoms with Crippen LogP contribution in [-0.2, 0) is 5.75 Å². The van der Waals surface area contributed by atoms with Gasteiger partial charge in [0.1, 0.15) is 11.4 Å². The van der Waals surface area contributed by atoms with Crippen LogP contribution >= 0.6 is 35.0 Å². The van der Waals surface area contributed by atoms with Gasteiger partial charge in [0.2, 0.25) is 5.16 Å². The maximum atomic E-state index is 6.27. The molecule has 0 aliphatic rings. The van der Waals surface area contributed by atoms with E-state index in [1.165, 1.54) is 11.8 Å². The van der Waals surface area contributed by atoms with Gasteiger partial charge in [0.25, 0.3) is 0 Å². The van der Waals surface area contributed by atoms with Crippen LogP contribution in [0.1, 0.15) is 5.56 Å². The van der Waals surface area contributed by atoms with Gasteiger partial charge in [0.15, 0.2) is 0 Å². The molecule has 4 rings (SSSR count). The predicted molar refractivity (Wildman–Crippen MR) is 117 cm³/mol. The maximum Gasteiger partial charge on any atom is 0.210 e. The summed E-state index contributed by atoms with van der Waals surface area (Å²) in [5, 5.41) is 10.7.